The molecule has 0 spiro atoms. The van der Waals surface area contributed by atoms with Crippen LogP contribution in [0.25, 0.3) is 21.3 Å². The molecule has 2 amide bonds. The molecule has 2 unspecified atom stereocenters. The highest BCUT2D eigenvalue weighted by Crippen LogP contribution is 2.36. The number of aromatic carboxylic acids is 1. The number of nitrogens with zero attached hydrogens (tertiary/aromatic N) is 3. The van der Waals surface area contributed by atoms with Gasteiger partial charge in [-0.05, 0) is 35.4 Å². The van der Waals surface area contributed by atoms with Crippen molar-refractivity contribution in [1.29, 1.82) is 0 Å². The molecule has 2 N–H and O–H groups in total. The summed E-state index contributed by atoms with van der Waals surface area (Å²) in [4.78, 5) is 38.8. The zero-order valence-electron chi connectivity index (χ0n) is 18.4. The number of sulfone groups is 1. The van der Waals surface area contributed by atoms with Crippen LogP contribution >= 0.6 is 23.1 Å². The number of carboxylic acids is 1. The fourth-order valence-electron chi connectivity index (χ4n) is 3.65. The number of benzene rings is 2. The summed E-state index contributed by atoms with van der Waals surface area (Å²) in [5.74, 6) is -1.62. The Morgan fingerprint density at radius 3 is 2.50 bits per heavy atom. The van der Waals surface area contributed by atoms with Crippen molar-refractivity contribution in [3.8, 4) is 11.1 Å². The van der Waals surface area contributed by atoms with Gasteiger partial charge in [0.25, 0.3) is 5.24 Å². The Bertz CT molecular complexity index is 1630. The Balaban J connectivity index is 1.46. The number of imide groups is 1. The molecule has 2 atom stereocenters. The summed E-state index contributed by atoms with van der Waals surface area (Å²) < 4.78 is 31.7. The van der Waals surface area contributed by atoms with Crippen molar-refractivity contribution < 1.29 is 32.3 Å². The van der Waals surface area contributed by atoms with E-state index in [-0.39, 0.29) is 28.8 Å². The van der Waals surface area contributed by atoms with Crippen LogP contribution in [0.4, 0.5) is 4.79 Å². The zero-order chi connectivity index (χ0) is 25.6. The molecule has 11 nitrogen and oxygen atoms in total. The fourth-order valence-corrected chi connectivity index (χ4v) is 6.99. The molecule has 0 saturated carbocycles. The molecular weight excluding hydrogens is 528 g/mol. The lowest BCUT2D eigenvalue weighted by Gasteiger charge is -2.07. The highest BCUT2D eigenvalue weighted by atomic mass is 32.2. The molecule has 4 aromatic rings. The Hall–Kier alpha value is -3.62. The average Bonchev–Trinajstić information content (AvgIpc) is 3.51. The molecule has 0 aliphatic carbocycles. The second-order valence-corrected chi connectivity index (χ2v) is 12.3. The maximum absolute atomic E-state index is 12.7. The van der Waals surface area contributed by atoms with Gasteiger partial charge in [-0.1, -0.05) is 30.0 Å². The average molecular weight is 545 g/mol. The van der Waals surface area contributed by atoms with Crippen molar-refractivity contribution in [2.24, 2.45) is 0 Å². The van der Waals surface area contributed by atoms with Gasteiger partial charge >= 0.3 is 5.97 Å². The van der Waals surface area contributed by atoms with Crippen molar-refractivity contribution in [3.63, 3.8) is 0 Å². The van der Waals surface area contributed by atoms with Gasteiger partial charge in [0, 0.05) is 12.7 Å². The van der Waals surface area contributed by atoms with Crippen LogP contribution in [0.1, 0.15) is 32.4 Å². The standard InChI is InChI=1S/C22H16N4O7S3/c1-36(31,32)17(19-26-25-16(33-19)9-15-18(27)24-22(30)35-15)20-23-13-7-6-12(8-14(13)34-20)10-2-4-11(5-3-10)21(28)29/h2-8,15,17H,9H2,1H3,(H,28,29)(H,24,27,30). The lowest BCUT2D eigenvalue weighted by Crippen LogP contribution is -2.25. The Kier molecular flexibility index (Phi) is 6.10. The van der Waals surface area contributed by atoms with E-state index in [0.29, 0.717) is 5.52 Å². The summed E-state index contributed by atoms with van der Waals surface area (Å²) >= 11 is 1.97. The molecule has 1 aliphatic rings. The largest absolute Gasteiger partial charge is 0.478 e. The quantitative estimate of drug-likeness (QED) is 0.350. The van der Waals surface area contributed by atoms with Crippen LogP contribution in [0, 0.1) is 0 Å². The van der Waals surface area contributed by atoms with E-state index in [9.17, 15) is 22.8 Å². The second kappa shape index (κ2) is 9.11. The molecule has 1 aliphatic heterocycles. The summed E-state index contributed by atoms with van der Waals surface area (Å²) in [6.45, 7) is 0. The number of amides is 2. The van der Waals surface area contributed by atoms with Crippen molar-refractivity contribution in [1.82, 2.24) is 20.5 Å². The third-order valence-electron chi connectivity index (χ3n) is 5.36. The highest BCUT2D eigenvalue weighted by Gasteiger charge is 2.36. The van der Waals surface area contributed by atoms with Crippen LogP contribution in [0.3, 0.4) is 0 Å². The van der Waals surface area contributed by atoms with Gasteiger partial charge in [-0.15, -0.1) is 21.5 Å². The predicted octanol–water partition coefficient (Wildman–Crippen LogP) is 3.07. The van der Waals surface area contributed by atoms with Crippen LogP contribution in [-0.2, 0) is 21.1 Å². The van der Waals surface area contributed by atoms with Crippen LogP contribution in [0.5, 0.6) is 0 Å². The third kappa shape index (κ3) is 4.74. The number of rotatable bonds is 7. The third-order valence-corrected chi connectivity index (χ3v) is 8.85. The van der Waals surface area contributed by atoms with E-state index in [1.807, 2.05) is 12.1 Å². The molecule has 2 aromatic carbocycles. The minimum Gasteiger partial charge on any atom is -0.478 e. The first-order valence-corrected chi connectivity index (χ1v) is 14.0. The Morgan fingerprint density at radius 1 is 1.14 bits per heavy atom. The summed E-state index contributed by atoms with van der Waals surface area (Å²) in [6, 6.07) is 11.8. The predicted molar refractivity (Wildman–Crippen MR) is 132 cm³/mol. The molecule has 0 radical (unpaired) electrons. The first kappa shape index (κ1) is 24.1. The lowest BCUT2D eigenvalue weighted by atomic mass is 10.0. The number of carboxylic acid groups (broad SMARTS) is 1. The molecule has 5 rings (SSSR count). The van der Waals surface area contributed by atoms with E-state index in [1.54, 1.807) is 18.2 Å². The Morgan fingerprint density at radius 2 is 1.86 bits per heavy atom. The van der Waals surface area contributed by atoms with Gasteiger partial charge in [0.05, 0.1) is 15.8 Å². The molecule has 3 heterocycles. The van der Waals surface area contributed by atoms with E-state index >= 15 is 0 Å². The monoisotopic (exact) mass is 544 g/mol. The summed E-state index contributed by atoms with van der Waals surface area (Å²) in [6.07, 6.45) is 1.03. The normalized spacial score (nSPS) is 16.9. The summed E-state index contributed by atoms with van der Waals surface area (Å²) in [5, 5.41) is 16.8. The van der Waals surface area contributed by atoms with Crippen LogP contribution in [0.15, 0.2) is 46.9 Å². The number of thiazole rings is 1. The van der Waals surface area contributed by atoms with Crippen LogP contribution < -0.4 is 5.32 Å². The first-order chi connectivity index (χ1) is 17.1. The van der Waals surface area contributed by atoms with Crippen molar-refractivity contribution >= 4 is 60.3 Å². The SMILES string of the molecule is CS(=O)(=O)C(c1nnc(CC2SC(=O)NC2=O)o1)c1nc2ccc(-c3ccc(C(=O)O)cc3)cc2s1. The van der Waals surface area contributed by atoms with Gasteiger partial charge in [-0.25, -0.2) is 18.2 Å². The fraction of sp³-hybridized carbons (Fsp3) is 0.182. The van der Waals surface area contributed by atoms with Crippen LogP contribution in [-0.4, -0.2) is 57.3 Å². The molecule has 1 saturated heterocycles. The number of aromatic nitrogens is 3. The summed E-state index contributed by atoms with van der Waals surface area (Å²) in [7, 11) is -3.77. The van der Waals surface area contributed by atoms with Gasteiger partial charge in [0.2, 0.25) is 17.7 Å². The molecule has 2 aromatic heterocycles. The molecule has 36 heavy (non-hydrogen) atoms. The zero-order valence-corrected chi connectivity index (χ0v) is 20.8. The number of nitrogens with one attached hydrogen (secondary N) is 1. The van der Waals surface area contributed by atoms with E-state index in [4.69, 9.17) is 9.52 Å². The number of carbonyl (C=O) groups is 3. The molecule has 14 heteroatoms. The minimum atomic E-state index is -3.77. The first-order valence-electron chi connectivity index (χ1n) is 10.4. The van der Waals surface area contributed by atoms with E-state index in [2.05, 4.69) is 20.5 Å². The van der Waals surface area contributed by atoms with Crippen molar-refractivity contribution in [3.05, 3.63) is 64.8 Å². The smallest absolute Gasteiger partial charge is 0.335 e. The minimum absolute atomic E-state index is 0.0183. The van der Waals surface area contributed by atoms with E-state index in [0.717, 1.165) is 45.2 Å². The maximum Gasteiger partial charge on any atom is 0.335 e. The van der Waals surface area contributed by atoms with E-state index < -0.39 is 37.5 Å². The topological polar surface area (TPSA) is 169 Å². The Labute approximate surface area is 211 Å². The molecule has 184 valence electrons. The van der Waals surface area contributed by atoms with Crippen molar-refractivity contribution in [2.75, 3.05) is 6.26 Å². The number of carbonyl (C=O) groups excluding carboxylic acids is 2. The van der Waals surface area contributed by atoms with E-state index in [1.165, 1.54) is 12.1 Å². The van der Waals surface area contributed by atoms with Crippen molar-refractivity contribution in [2.45, 2.75) is 16.9 Å². The number of thioether (sulfide) groups is 1. The molecule has 1 fully saturated rings. The van der Waals surface area contributed by atoms with Gasteiger partial charge in [0.15, 0.2) is 15.1 Å². The maximum atomic E-state index is 12.7. The molecular formula is C22H16N4O7S3. The molecule has 0 bridgehead atoms. The second-order valence-electron chi connectivity index (χ2n) is 7.95. The van der Waals surface area contributed by atoms with Gasteiger partial charge in [-0.2, -0.15) is 0 Å². The van der Waals surface area contributed by atoms with Gasteiger partial charge in [0.1, 0.15) is 10.3 Å². The number of hydrogen-bond acceptors (Lipinski definition) is 11. The number of hydrogen-bond donors (Lipinski definition) is 2. The summed E-state index contributed by atoms with van der Waals surface area (Å²) in [5.41, 5.74) is 2.36. The van der Waals surface area contributed by atoms with Gasteiger partial charge in [-0.3, -0.25) is 14.9 Å². The highest BCUT2D eigenvalue weighted by molar-refractivity contribution is 8.15. The van der Waals surface area contributed by atoms with Gasteiger partial charge < -0.3 is 9.52 Å². The lowest BCUT2D eigenvalue weighted by molar-refractivity contribution is -0.119. The number of fused-ring (bicyclic) bond motifs is 1. The van der Waals surface area contributed by atoms with Crippen LogP contribution in [0.2, 0.25) is 0 Å².